The number of esters is 2. The summed E-state index contributed by atoms with van der Waals surface area (Å²) in [6, 6.07) is 15.8. The number of cyclic esters (lactones) is 1. The van der Waals surface area contributed by atoms with Crippen LogP contribution in [-0.2, 0) is 14.3 Å². The summed E-state index contributed by atoms with van der Waals surface area (Å²) in [6.07, 6.45) is 4.01. The molecular formula is C29H23BrN2O8. The summed E-state index contributed by atoms with van der Waals surface area (Å²) < 4.78 is 22.8. The van der Waals surface area contributed by atoms with E-state index in [1.165, 1.54) is 30.4 Å². The van der Waals surface area contributed by atoms with Crippen LogP contribution in [0.5, 0.6) is 17.2 Å². The average Bonchev–Trinajstić information content (AvgIpc) is 3.30. The Morgan fingerprint density at radius 3 is 2.52 bits per heavy atom. The summed E-state index contributed by atoms with van der Waals surface area (Å²) in [5, 5.41) is 11.0. The van der Waals surface area contributed by atoms with E-state index < -0.39 is 16.9 Å². The Morgan fingerprint density at radius 1 is 1.02 bits per heavy atom. The van der Waals surface area contributed by atoms with Crippen LogP contribution in [0.2, 0.25) is 0 Å². The summed E-state index contributed by atoms with van der Waals surface area (Å²) in [6.45, 7) is 4.60. The fraction of sp³-hybridized carbons (Fsp3) is 0.138. The van der Waals surface area contributed by atoms with Gasteiger partial charge in [-0.15, -0.1) is 0 Å². The summed E-state index contributed by atoms with van der Waals surface area (Å²) in [5.74, 6) is -0.0744. The van der Waals surface area contributed by atoms with Gasteiger partial charge in [0.2, 0.25) is 5.90 Å². The number of non-ortho nitro benzene ring substituents is 1. The maximum Gasteiger partial charge on any atom is 0.363 e. The first-order valence-corrected chi connectivity index (χ1v) is 12.9. The fourth-order valence-electron chi connectivity index (χ4n) is 3.64. The number of hydrogen-bond acceptors (Lipinski definition) is 9. The van der Waals surface area contributed by atoms with Crippen molar-refractivity contribution in [3.8, 4) is 17.2 Å². The van der Waals surface area contributed by atoms with Crippen LogP contribution in [0.3, 0.4) is 0 Å². The lowest BCUT2D eigenvalue weighted by Gasteiger charge is -2.11. The van der Waals surface area contributed by atoms with E-state index in [4.69, 9.17) is 18.9 Å². The molecule has 1 aliphatic heterocycles. The van der Waals surface area contributed by atoms with E-state index in [-0.39, 0.29) is 23.0 Å². The molecule has 0 saturated carbocycles. The first-order valence-electron chi connectivity index (χ1n) is 12.1. The monoisotopic (exact) mass is 606 g/mol. The molecular weight excluding hydrogens is 584 g/mol. The second-order valence-electron chi connectivity index (χ2n) is 8.15. The van der Waals surface area contributed by atoms with Gasteiger partial charge < -0.3 is 18.9 Å². The van der Waals surface area contributed by atoms with Crippen molar-refractivity contribution < 1.29 is 33.5 Å². The van der Waals surface area contributed by atoms with Gasteiger partial charge in [0.1, 0.15) is 5.75 Å². The van der Waals surface area contributed by atoms with Crippen molar-refractivity contribution in [1.29, 1.82) is 0 Å². The molecule has 11 heteroatoms. The molecule has 0 spiro atoms. The van der Waals surface area contributed by atoms with Gasteiger partial charge in [-0.25, -0.2) is 14.6 Å². The highest BCUT2D eigenvalue weighted by atomic mass is 79.9. The number of ether oxygens (including phenoxy) is 4. The number of benzene rings is 3. The molecule has 4 rings (SSSR count). The van der Waals surface area contributed by atoms with Gasteiger partial charge >= 0.3 is 11.9 Å². The Balaban J connectivity index is 1.58. The minimum Gasteiger partial charge on any atom is -0.490 e. The number of nitro groups is 1. The Hall–Kier alpha value is -4.77. The molecule has 40 heavy (non-hydrogen) atoms. The van der Waals surface area contributed by atoms with Crippen LogP contribution in [0.15, 0.2) is 81.9 Å². The third-order valence-corrected chi connectivity index (χ3v) is 5.87. The molecule has 0 radical (unpaired) electrons. The molecule has 1 heterocycles. The van der Waals surface area contributed by atoms with Gasteiger partial charge in [-0.05, 0) is 68.0 Å². The lowest BCUT2D eigenvalue weighted by Crippen LogP contribution is -2.07. The van der Waals surface area contributed by atoms with Crippen molar-refractivity contribution in [2.75, 3.05) is 13.2 Å². The zero-order chi connectivity index (χ0) is 28.6. The number of carbonyl (C=O) groups excluding carboxylic acids is 2. The van der Waals surface area contributed by atoms with Gasteiger partial charge in [-0.3, -0.25) is 10.1 Å². The smallest absolute Gasteiger partial charge is 0.363 e. The van der Waals surface area contributed by atoms with Crippen molar-refractivity contribution >= 4 is 51.6 Å². The van der Waals surface area contributed by atoms with Crippen LogP contribution >= 0.6 is 15.9 Å². The minimum absolute atomic E-state index is 0.00406. The number of halogens is 1. The Bertz CT molecular complexity index is 1560. The molecule has 3 aromatic rings. The fourth-order valence-corrected chi connectivity index (χ4v) is 4.02. The van der Waals surface area contributed by atoms with E-state index in [2.05, 4.69) is 20.9 Å². The molecule has 10 nitrogen and oxygen atoms in total. The number of nitro benzene ring substituents is 1. The maximum absolute atomic E-state index is 12.7. The summed E-state index contributed by atoms with van der Waals surface area (Å²) in [7, 11) is 0. The molecule has 0 atom stereocenters. The zero-order valence-corrected chi connectivity index (χ0v) is 23.0. The Labute approximate surface area is 237 Å². The maximum atomic E-state index is 12.7. The largest absolute Gasteiger partial charge is 0.490 e. The number of hydrogen-bond donors (Lipinski definition) is 0. The Morgan fingerprint density at radius 2 is 1.77 bits per heavy atom. The van der Waals surface area contributed by atoms with Crippen molar-refractivity contribution in [1.82, 2.24) is 0 Å². The van der Waals surface area contributed by atoms with Gasteiger partial charge in [0.15, 0.2) is 17.2 Å². The van der Waals surface area contributed by atoms with Crippen LogP contribution in [0.1, 0.15) is 30.5 Å². The van der Waals surface area contributed by atoms with E-state index in [9.17, 15) is 19.7 Å². The highest BCUT2D eigenvalue weighted by Gasteiger charge is 2.26. The molecule has 0 aliphatic carbocycles. The van der Waals surface area contributed by atoms with Crippen LogP contribution in [-0.4, -0.2) is 36.0 Å². The minimum atomic E-state index is -0.718. The quantitative estimate of drug-likeness (QED) is 0.0888. The van der Waals surface area contributed by atoms with Crippen LogP contribution < -0.4 is 14.2 Å². The molecule has 0 bridgehead atoms. The highest BCUT2D eigenvalue weighted by Crippen LogP contribution is 2.32. The van der Waals surface area contributed by atoms with Gasteiger partial charge in [0, 0.05) is 33.8 Å². The van der Waals surface area contributed by atoms with Crippen molar-refractivity contribution in [3.63, 3.8) is 0 Å². The average molecular weight is 607 g/mol. The van der Waals surface area contributed by atoms with E-state index >= 15 is 0 Å². The second-order valence-corrected chi connectivity index (χ2v) is 9.07. The summed E-state index contributed by atoms with van der Waals surface area (Å²) >= 11 is 3.38. The lowest BCUT2D eigenvalue weighted by molar-refractivity contribution is -0.384. The van der Waals surface area contributed by atoms with Gasteiger partial charge in [-0.2, -0.15) is 0 Å². The van der Waals surface area contributed by atoms with Crippen LogP contribution in [0, 0.1) is 10.1 Å². The number of aliphatic imine (C=N–C) groups is 1. The lowest BCUT2D eigenvalue weighted by atomic mass is 10.1. The molecule has 0 fully saturated rings. The van der Waals surface area contributed by atoms with Crippen molar-refractivity contribution in [2.24, 2.45) is 4.99 Å². The molecule has 3 aromatic carbocycles. The third-order valence-electron chi connectivity index (χ3n) is 5.38. The normalized spacial score (nSPS) is 13.7. The Kier molecular flexibility index (Phi) is 9.07. The topological polar surface area (TPSA) is 127 Å². The highest BCUT2D eigenvalue weighted by molar-refractivity contribution is 9.10. The van der Waals surface area contributed by atoms with E-state index in [0.717, 1.165) is 6.08 Å². The third kappa shape index (κ3) is 7.00. The summed E-state index contributed by atoms with van der Waals surface area (Å²) in [4.78, 5) is 40.0. The van der Waals surface area contributed by atoms with Gasteiger partial charge in [0.25, 0.3) is 5.69 Å². The van der Waals surface area contributed by atoms with Crippen molar-refractivity contribution in [2.45, 2.75) is 13.8 Å². The molecule has 0 amide bonds. The van der Waals surface area contributed by atoms with Gasteiger partial charge in [0.05, 0.1) is 18.1 Å². The number of nitrogens with zero attached hydrogens (tertiary/aromatic N) is 2. The predicted molar refractivity (Wildman–Crippen MR) is 151 cm³/mol. The molecule has 0 unspecified atom stereocenters. The van der Waals surface area contributed by atoms with Crippen LogP contribution in [0.4, 0.5) is 5.69 Å². The number of carbonyl (C=O) groups is 2. The second kappa shape index (κ2) is 12.9. The first kappa shape index (κ1) is 28.2. The standard InChI is InChI=1S/C29H23BrN2O8/c1-3-37-25-11-9-19(17-26(25)38-4-2)28-31-23(29(34)40-28)16-20-15-21(30)10-12-24(20)39-27(33)13-8-18-6-5-7-22(14-18)32(35)36/h5-17H,3-4H2,1-2H3/b13-8+,23-16-. The molecule has 0 N–H and O–H groups in total. The molecule has 204 valence electrons. The molecule has 0 aromatic heterocycles. The predicted octanol–water partition coefficient (Wildman–Crippen LogP) is 6.12. The van der Waals surface area contributed by atoms with Gasteiger partial charge in [-0.1, -0.05) is 28.1 Å². The van der Waals surface area contributed by atoms with E-state index in [1.807, 2.05) is 13.8 Å². The van der Waals surface area contributed by atoms with E-state index in [1.54, 1.807) is 42.5 Å². The molecule has 1 aliphatic rings. The SMILES string of the molecule is CCOc1ccc(C2=N/C(=C\c3cc(Br)ccc3OC(=O)/C=C/c3cccc([N+](=O)[O-])c3)C(=O)O2)cc1OCC. The molecule has 0 saturated heterocycles. The van der Waals surface area contributed by atoms with E-state index in [0.29, 0.717) is 45.9 Å². The first-order chi connectivity index (χ1) is 19.3. The van der Waals surface area contributed by atoms with Crippen LogP contribution in [0.25, 0.3) is 12.2 Å². The van der Waals surface area contributed by atoms with Crippen molar-refractivity contribution in [3.05, 3.63) is 104 Å². The number of rotatable bonds is 10. The summed E-state index contributed by atoms with van der Waals surface area (Å²) in [5.41, 5.74) is 1.28. The zero-order valence-electron chi connectivity index (χ0n) is 21.5.